The number of carboxylic acids is 1. The molecule has 1 amide bonds. The summed E-state index contributed by atoms with van der Waals surface area (Å²) < 4.78 is 0. The van der Waals surface area contributed by atoms with E-state index in [1.807, 2.05) is 25.1 Å². The van der Waals surface area contributed by atoms with Gasteiger partial charge in [-0.15, -0.1) is 0 Å². The van der Waals surface area contributed by atoms with E-state index in [-0.39, 0.29) is 11.8 Å². The number of piperidine rings is 1. The van der Waals surface area contributed by atoms with Crippen LogP contribution in [-0.4, -0.2) is 34.5 Å². The summed E-state index contributed by atoms with van der Waals surface area (Å²) >= 11 is 0. The fraction of sp³-hybridized carbons (Fsp3) is 0.556. The maximum atomic E-state index is 12.5. The third-order valence-corrected chi connectivity index (χ3v) is 4.44. The van der Waals surface area contributed by atoms with E-state index in [0.717, 1.165) is 32.1 Å². The van der Waals surface area contributed by atoms with Crippen LogP contribution in [0, 0.1) is 5.92 Å². The second kappa shape index (κ2) is 7.97. The Morgan fingerprint density at radius 3 is 2.68 bits per heavy atom. The quantitative estimate of drug-likeness (QED) is 0.878. The van der Waals surface area contributed by atoms with Crippen LogP contribution in [-0.2, 0) is 16.0 Å². The minimum absolute atomic E-state index is 0.000150. The van der Waals surface area contributed by atoms with Crippen molar-refractivity contribution in [3.05, 3.63) is 35.9 Å². The SMILES string of the molecule is CC(CCCc1ccccc1)C(=O)N1CCCCC1C(=O)O. The van der Waals surface area contributed by atoms with Gasteiger partial charge in [0.15, 0.2) is 0 Å². The number of hydrogen-bond donors (Lipinski definition) is 1. The Bertz CT molecular complexity index is 500. The van der Waals surface area contributed by atoms with Crippen molar-refractivity contribution >= 4 is 11.9 Å². The third kappa shape index (κ3) is 4.33. The van der Waals surface area contributed by atoms with Crippen LogP contribution < -0.4 is 0 Å². The maximum Gasteiger partial charge on any atom is 0.326 e. The van der Waals surface area contributed by atoms with Gasteiger partial charge in [0.25, 0.3) is 0 Å². The van der Waals surface area contributed by atoms with Crippen LogP contribution in [0.2, 0.25) is 0 Å². The third-order valence-electron chi connectivity index (χ3n) is 4.44. The second-order valence-corrected chi connectivity index (χ2v) is 6.16. The van der Waals surface area contributed by atoms with Crippen molar-refractivity contribution in [3.8, 4) is 0 Å². The van der Waals surface area contributed by atoms with Gasteiger partial charge in [-0.2, -0.15) is 0 Å². The number of carboxylic acid groups (broad SMARTS) is 1. The van der Waals surface area contributed by atoms with Gasteiger partial charge in [0.05, 0.1) is 0 Å². The van der Waals surface area contributed by atoms with Crippen LogP contribution in [0.15, 0.2) is 30.3 Å². The van der Waals surface area contributed by atoms with Gasteiger partial charge in [0.1, 0.15) is 6.04 Å². The number of benzene rings is 1. The van der Waals surface area contributed by atoms with Crippen LogP contribution >= 0.6 is 0 Å². The number of carbonyl (C=O) groups is 2. The van der Waals surface area contributed by atoms with Crippen molar-refractivity contribution in [2.24, 2.45) is 5.92 Å². The number of likely N-dealkylation sites (tertiary alicyclic amines) is 1. The molecule has 1 heterocycles. The van der Waals surface area contributed by atoms with E-state index >= 15 is 0 Å². The molecule has 1 fully saturated rings. The lowest BCUT2D eigenvalue weighted by atomic mass is 9.96. The zero-order valence-corrected chi connectivity index (χ0v) is 13.2. The van der Waals surface area contributed by atoms with Crippen molar-refractivity contribution in [2.45, 2.75) is 51.5 Å². The molecule has 1 aliphatic heterocycles. The van der Waals surface area contributed by atoms with E-state index in [0.29, 0.717) is 13.0 Å². The van der Waals surface area contributed by atoms with Crippen LogP contribution in [0.5, 0.6) is 0 Å². The van der Waals surface area contributed by atoms with E-state index in [2.05, 4.69) is 12.1 Å². The topological polar surface area (TPSA) is 57.6 Å². The molecule has 2 unspecified atom stereocenters. The number of amides is 1. The van der Waals surface area contributed by atoms with Crippen LogP contribution in [0.1, 0.15) is 44.6 Å². The monoisotopic (exact) mass is 303 g/mol. The standard InChI is InChI=1S/C18H25NO3/c1-14(8-7-11-15-9-3-2-4-10-15)17(20)19-13-6-5-12-16(19)18(21)22/h2-4,9-10,14,16H,5-8,11-13H2,1H3,(H,21,22). The van der Waals surface area contributed by atoms with Gasteiger partial charge in [-0.3, -0.25) is 4.79 Å². The molecule has 0 bridgehead atoms. The zero-order chi connectivity index (χ0) is 15.9. The van der Waals surface area contributed by atoms with Crippen molar-refractivity contribution in [3.63, 3.8) is 0 Å². The second-order valence-electron chi connectivity index (χ2n) is 6.16. The first-order valence-electron chi connectivity index (χ1n) is 8.17. The molecule has 22 heavy (non-hydrogen) atoms. The molecule has 0 aliphatic carbocycles. The molecule has 4 nitrogen and oxygen atoms in total. The first-order chi connectivity index (χ1) is 10.6. The van der Waals surface area contributed by atoms with Crippen LogP contribution in [0.3, 0.4) is 0 Å². The van der Waals surface area contributed by atoms with Gasteiger partial charge in [0, 0.05) is 12.5 Å². The van der Waals surface area contributed by atoms with Gasteiger partial charge in [-0.1, -0.05) is 37.3 Å². The van der Waals surface area contributed by atoms with Crippen LogP contribution in [0.4, 0.5) is 0 Å². The number of aliphatic carboxylic acids is 1. The molecule has 1 saturated heterocycles. The number of rotatable bonds is 6. The molecule has 4 heteroatoms. The Labute approximate surface area is 132 Å². The fourth-order valence-electron chi connectivity index (χ4n) is 3.12. The molecule has 1 N–H and O–H groups in total. The Balaban J connectivity index is 1.84. The molecule has 2 atom stereocenters. The van der Waals surface area contributed by atoms with Gasteiger partial charge in [0.2, 0.25) is 5.91 Å². The molecule has 0 spiro atoms. The highest BCUT2D eigenvalue weighted by molar-refractivity contribution is 5.85. The Kier molecular flexibility index (Phi) is 5.99. The molecule has 0 aromatic heterocycles. The lowest BCUT2D eigenvalue weighted by molar-refractivity contribution is -0.153. The number of hydrogen-bond acceptors (Lipinski definition) is 2. The van der Waals surface area contributed by atoms with E-state index < -0.39 is 12.0 Å². The van der Waals surface area contributed by atoms with Crippen molar-refractivity contribution in [1.82, 2.24) is 4.90 Å². The highest BCUT2D eigenvalue weighted by atomic mass is 16.4. The molecule has 0 radical (unpaired) electrons. The Morgan fingerprint density at radius 1 is 1.27 bits per heavy atom. The molecule has 1 aromatic carbocycles. The minimum Gasteiger partial charge on any atom is -0.480 e. The molecular formula is C18H25NO3. The van der Waals surface area contributed by atoms with E-state index in [9.17, 15) is 14.7 Å². The van der Waals surface area contributed by atoms with Gasteiger partial charge in [-0.05, 0) is 44.1 Å². The summed E-state index contributed by atoms with van der Waals surface area (Å²) in [4.78, 5) is 25.4. The van der Waals surface area contributed by atoms with Gasteiger partial charge in [-0.25, -0.2) is 4.79 Å². The molecule has 1 aliphatic rings. The molecule has 120 valence electrons. The largest absolute Gasteiger partial charge is 0.480 e. The smallest absolute Gasteiger partial charge is 0.326 e. The van der Waals surface area contributed by atoms with Crippen molar-refractivity contribution in [1.29, 1.82) is 0 Å². The first-order valence-corrected chi connectivity index (χ1v) is 8.17. The fourth-order valence-corrected chi connectivity index (χ4v) is 3.12. The predicted octanol–water partition coefficient (Wildman–Crippen LogP) is 3.11. The summed E-state index contributed by atoms with van der Waals surface area (Å²) in [5.41, 5.74) is 1.28. The summed E-state index contributed by atoms with van der Waals surface area (Å²) in [7, 11) is 0. The van der Waals surface area contributed by atoms with Crippen LogP contribution in [0.25, 0.3) is 0 Å². The lowest BCUT2D eigenvalue weighted by Gasteiger charge is -2.34. The highest BCUT2D eigenvalue weighted by Gasteiger charge is 2.33. The van der Waals surface area contributed by atoms with Crippen molar-refractivity contribution < 1.29 is 14.7 Å². The highest BCUT2D eigenvalue weighted by Crippen LogP contribution is 2.21. The Hall–Kier alpha value is -1.84. The number of carbonyl (C=O) groups excluding carboxylic acids is 1. The zero-order valence-electron chi connectivity index (χ0n) is 13.2. The van der Waals surface area contributed by atoms with Gasteiger partial charge >= 0.3 is 5.97 Å². The van der Waals surface area contributed by atoms with E-state index in [1.165, 1.54) is 5.56 Å². The normalized spacial score (nSPS) is 19.7. The summed E-state index contributed by atoms with van der Waals surface area (Å²) in [6.07, 6.45) is 5.09. The van der Waals surface area contributed by atoms with E-state index in [1.54, 1.807) is 4.90 Å². The predicted molar refractivity (Wildman–Crippen MR) is 85.5 cm³/mol. The molecule has 2 rings (SSSR count). The summed E-state index contributed by atoms with van der Waals surface area (Å²) in [5.74, 6) is -0.978. The van der Waals surface area contributed by atoms with E-state index in [4.69, 9.17) is 0 Å². The average molecular weight is 303 g/mol. The summed E-state index contributed by atoms with van der Waals surface area (Å²) in [5, 5.41) is 9.27. The molecule has 0 saturated carbocycles. The number of aryl methyl sites for hydroxylation is 1. The summed E-state index contributed by atoms with van der Waals surface area (Å²) in [6.45, 7) is 2.50. The minimum atomic E-state index is -0.871. The molecular weight excluding hydrogens is 278 g/mol. The first kappa shape index (κ1) is 16.5. The number of nitrogens with zero attached hydrogens (tertiary/aromatic N) is 1. The summed E-state index contributed by atoms with van der Waals surface area (Å²) in [6, 6.07) is 9.61. The molecule has 1 aromatic rings. The average Bonchev–Trinajstić information content (AvgIpc) is 2.55. The Morgan fingerprint density at radius 2 is 2.00 bits per heavy atom. The van der Waals surface area contributed by atoms with Gasteiger partial charge < -0.3 is 10.0 Å². The van der Waals surface area contributed by atoms with Crippen molar-refractivity contribution in [2.75, 3.05) is 6.54 Å². The maximum absolute atomic E-state index is 12.5. The lowest BCUT2D eigenvalue weighted by Crippen LogP contribution is -2.49.